The van der Waals surface area contributed by atoms with Gasteiger partial charge in [0, 0.05) is 5.69 Å². The fraction of sp³-hybridized carbons (Fsp3) is 0.182. The van der Waals surface area contributed by atoms with Gasteiger partial charge in [-0.3, -0.25) is 0 Å². The van der Waals surface area contributed by atoms with Crippen LogP contribution < -0.4 is 10.6 Å². The van der Waals surface area contributed by atoms with Crippen LogP contribution in [0.3, 0.4) is 0 Å². The lowest BCUT2D eigenvalue weighted by Gasteiger charge is -2.19. The Kier molecular flexibility index (Phi) is 4.06. The first kappa shape index (κ1) is 13.3. The summed E-state index contributed by atoms with van der Waals surface area (Å²) < 4.78 is 13.7. The van der Waals surface area contributed by atoms with E-state index in [9.17, 15) is 9.18 Å². The molecule has 0 aromatic heterocycles. The highest BCUT2D eigenvalue weighted by molar-refractivity contribution is 5.95. The molecule has 0 spiro atoms. The molecule has 0 unspecified atom stereocenters. The summed E-state index contributed by atoms with van der Waals surface area (Å²) in [5.41, 5.74) is 4.75. The molecule has 7 heteroatoms. The fourth-order valence-corrected chi connectivity index (χ4v) is 1.40. The first-order valence-electron chi connectivity index (χ1n) is 4.82. The number of benzene rings is 1. The maximum Gasteiger partial charge on any atom is 0.337 e. The van der Waals surface area contributed by atoms with Gasteiger partial charge in [0.25, 0.3) is 0 Å². The molecule has 0 saturated heterocycles. The maximum absolute atomic E-state index is 13.7. The van der Waals surface area contributed by atoms with E-state index in [0.717, 1.165) is 17.0 Å². The molecule has 0 saturated carbocycles. The number of nitrogens with two attached hydrogens (primary N) is 1. The van der Waals surface area contributed by atoms with Gasteiger partial charge < -0.3 is 15.7 Å². The molecule has 0 fully saturated rings. The highest BCUT2D eigenvalue weighted by Gasteiger charge is 2.17. The molecule has 92 valence electrons. The van der Waals surface area contributed by atoms with E-state index in [4.69, 9.17) is 21.4 Å². The number of nitriles is 2. The monoisotopic (exact) mass is 248 g/mol. The van der Waals surface area contributed by atoms with E-state index in [1.165, 1.54) is 0 Å². The topological polar surface area (TPSA) is 114 Å². The molecule has 0 bridgehead atoms. The minimum atomic E-state index is -1.30. The highest BCUT2D eigenvalue weighted by Crippen LogP contribution is 2.25. The Bertz CT molecular complexity index is 543. The summed E-state index contributed by atoms with van der Waals surface area (Å²) in [7, 11) is 0. The number of hydrogen-bond acceptors (Lipinski definition) is 5. The number of rotatable bonds is 4. The van der Waals surface area contributed by atoms with Crippen LogP contribution in [0.5, 0.6) is 0 Å². The minimum Gasteiger partial charge on any atom is -0.478 e. The number of hydrogen-bond donors (Lipinski definition) is 2. The van der Waals surface area contributed by atoms with E-state index >= 15 is 0 Å². The number of carboxylic acids is 1. The van der Waals surface area contributed by atoms with E-state index in [1.807, 2.05) is 0 Å². The molecule has 0 atom stereocenters. The number of carboxylic acid groups (broad SMARTS) is 1. The molecule has 3 N–H and O–H groups in total. The predicted octanol–water partition coefficient (Wildman–Crippen LogP) is 0.960. The van der Waals surface area contributed by atoms with E-state index in [0.29, 0.717) is 0 Å². The molecule has 0 aliphatic heterocycles. The van der Waals surface area contributed by atoms with Crippen molar-refractivity contribution in [3.8, 4) is 12.1 Å². The van der Waals surface area contributed by atoms with Gasteiger partial charge in [0.1, 0.15) is 18.9 Å². The van der Waals surface area contributed by atoms with Crippen LogP contribution in [0.4, 0.5) is 15.8 Å². The third-order valence-corrected chi connectivity index (χ3v) is 2.21. The Morgan fingerprint density at radius 2 is 1.94 bits per heavy atom. The third kappa shape index (κ3) is 2.66. The van der Waals surface area contributed by atoms with Gasteiger partial charge >= 0.3 is 5.97 Å². The highest BCUT2D eigenvalue weighted by atomic mass is 19.1. The third-order valence-electron chi connectivity index (χ3n) is 2.21. The zero-order valence-corrected chi connectivity index (χ0v) is 9.22. The van der Waals surface area contributed by atoms with E-state index < -0.39 is 11.8 Å². The summed E-state index contributed by atoms with van der Waals surface area (Å²) in [6.45, 7) is -0.457. The van der Waals surface area contributed by atoms with E-state index in [2.05, 4.69) is 0 Å². The standard InChI is InChI=1S/C11H9FN4O2/c12-8-6-9(15)7(11(17)18)5-10(8)16(3-1-13)4-2-14/h5-6H,3-4,15H2,(H,17,18). The van der Waals surface area contributed by atoms with E-state index in [1.54, 1.807) is 12.1 Å². The van der Waals surface area contributed by atoms with Crippen LogP contribution in [0.1, 0.15) is 10.4 Å². The fourth-order valence-electron chi connectivity index (χ4n) is 1.40. The van der Waals surface area contributed by atoms with Gasteiger partial charge in [-0.15, -0.1) is 0 Å². The lowest BCUT2D eigenvalue weighted by molar-refractivity contribution is 0.0698. The SMILES string of the molecule is N#CCN(CC#N)c1cc(C(=O)O)c(N)cc1F. The van der Waals surface area contributed by atoms with Crippen molar-refractivity contribution in [3.63, 3.8) is 0 Å². The van der Waals surface area contributed by atoms with Crippen molar-refractivity contribution >= 4 is 17.3 Å². The molecular formula is C11H9FN4O2. The molecule has 0 aliphatic carbocycles. The summed E-state index contributed by atoms with van der Waals surface area (Å²) in [5, 5.41) is 26.0. The van der Waals surface area contributed by atoms with Crippen LogP contribution in [0.2, 0.25) is 0 Å². The van der Waals surface area contributed by atoms with Gasteiger partial charge in [0.2, 0.25) is 0 Å². The van der Waals surface area contributed by atoms with Crippen molar-refractivity contribution in [2.24, 2.45) is 0 Å². The Balaban J connectivity index is 3.30. The van der Waals surface area contributed by atoms with E-state index in [-0.39, 0.29) is 30.0 Å². The summed E-state index contributed by atoms with van der Waals surface area (Å²) >= 11 is 0. The lowest BCUT2D eigenvalue weighted by atomic mass is 10.1. The molecule has 1 aromatic carbocycles. The van der Waals surface area contributed by atoms with Crippen molar-refractivity contribution < 1.29 is 14.3 Å². The molecule has 0 radical (unpaired) electrons. The first-order chi connectivity index (χ1) is 8.51. The molecule has 0 amide bonds. The number of aromatic carboxylic acids is 1. The smallest absolute Gasteiger partial charge is 0.337 e. The largest absolute Gasteiger partial charge is 0.478 e. The number of nitrogens with zero attached hydrogens (tertiary/aromatic N) is 3. The zero-order valence-electron chi connectivity index (χ0n) is 9.22. The van der Waals surface area contributed by atoms with Gasteiger partial charge in [-0.05, 0) is 12.1 Å². The van der Waals surface area contributed by atoms with Crippen LogP contribution in [0.25, 0.3) is 0 Å². The molecule has 0 heterocycles. The Labute approximate surface area is 102 Å². The Morgan fingerprint density at radius 3 is 2.39 bits per heavy atom. The molecule has 1 rings (SSSR count). The van der Waals surface area contributed by atoms with Gasteiger partial charge in [-0.2, -0.15) is 10.5 Å². The second-order valence-electron chi connectivity index (χ2n) is 3.37. The summed E-state index contributed by atoms with van der Waals surface area (Å²) in [6, 6.07) is 5.42. The normalized spacial score (nSPS) is 9.28. The summed E-state index contributed by atoms with van der Waals surface area (Å²) in [5.74, 6) is -2.08. The molecule has 18 heavy (non-hydrogen) atoms. The van der Waals surface area contributed by atoms with Gasteiger partial charge in [0.15, 0.2) is 0 Å². The van der Waals surface area contributed by atoms with Crippen LogP contribution >= 0.6 is 0 Å². The van der Waals surface area contributed by atoms with Gasteiger partial charge in [0.05, 0.1) is 23.4 Å². The second-order valence-corrected chi connectivity index (χ2v) is 3.37. The number of anilines is 2. The molecular weight excluding hydrogens is 239 g/mol. The predicted molar refractivity (Wildman–Crippen MR) is 61.2 cm³/mol. The van der Waals surface area contributed by atoms with Crippen molar-refractivity contribution in [2.75, 3.05) is 23.7 Å². The number of carbonyl (C=O) groups is 1. The van der Waals surface area contributed by atoms with Crippen LogP contribution in [-0.4, -0.2) is 24.2 Å². The second kappa shape index (κ2) is 5.51. The summed E-state index contributed by atoms with van der Waals surface area (Å²) in [4.78, 5) is 12.0. The number of halogens is 1. The average Bonchev–Trinajstić information content (AvgIpc) is 2.28. The quantitative estimate of drug-likeness (QED) is 0.605. The molecule has 1 aromatic rings. The Morgan fingerprint density at radius 1 is 1.39 bits per heavy atom. The summed E-state index contributed by atoms with van der Waals surface area (Å²) in [6.07, 6.45) is 0. The van der Waals surface area contributed by atoms with Crippen LogP contribution in [-0.2, 0) is 0 Å². The van der Waals surface area contributed by atoms with Crippen molar-refractivity contribution in [1.29, 1.82) is 10.5 Å². The van der Waals surface area contributed by atoms with Crippen LogP contribution in [0.15, 0.2) is 12.1 Å². The zero-order chi connectivity index (χ0) is 13.7. The van der Waals surface area contributed by atoms with Gasteiger partial charge in [-0.25, -0.2) is 9.18 Å². The van der Waals surface area contributed by atoms with Crippen molar-refractivity contribution in [1.82, 2.24) is 0 Å². The molecule has 6 nitrogen and oxygen atoms in total. The Hall–Kier alpha value is -2.80. The molecule has 0 aliphatic rings. The lowest BCUT2D eigenvalue weighted by Crippen LogP contribution is -2.25. The maximum atomic E-state index is 13.7. The van der Waals surface area contributed by atoms with Gasteiger partial charge in [-0.1, -0.05) is 0 Å². The first-order valence-corrected chi connectivity index (χ1v) is 4.82. The van der Waals surface area contributed by atoms with Crippen molar-refractivity contribution in [3.05, 3.63) is 23.5 Å². The average molecular weight is 248 g/mol. The van der Waals surface area contributed by atoms with Crippen LogP contribution in [0, 0.1) is 28.5 Å². The number of nitrogen functional groups attached to an aromatic ring is 1. The minimum absolute atomic E-state index is 0.135. The van der Waals surface area contributed by atoms with Crippen molar-refractivity contribution in [2.45, 2.75) is 0 Å².